The SMILES string of the molecule is CCOc1ccc([C@@H](C)NC(=O)COc2cccc3c2OC(C)(C)C3)cc1OCC. The lowest BCUT2D eigenvalue weighted by Crippen LogP contribution is -2.31. The first-order chi connectivity index (χ1) is 14.3. The van der Waals surface area contributed by atoms with E-state index < -0.39 is 0 Å². The van der Waals surface area contributed by atoms with Crippen molar-refractivity contribution in [2.24, 2.45) is 0 Å². The minimum atomic E-state index is -0.259. The Kier molecular flexibility index (Phi) is 6.75. The minimum absolute atomic E-state index is 0.0834. The lowest BCUT2D eigenvalue weighted by atomic mass is 10.0. The molecule has 162 valence electrons. The van der Waals surface area contributed by atoms with Crippen LogP contribution in [0.1, 0.15) is 51.8 Å². The predicted molar refractivity (Wildman–Crippen MR) is 116 cm³/mol. The number of hydrogen-bond acceptors (Lipinski definition) is 5. The maximum atomic E-state index is 12.5. The zero-order valence-electron chi connectivity index (χ0n) is 18.4. The van der Waals surface area contributed by atoms with Gasteiger partial charge in [0.05, 0.1) is 19.3 Å². The Hall–Kier alpha value is -2.89. The Labute approximate surface area is 178 Å². The maximum absolute atomic E-state index is 12.5. The second-order valence-electron chi connectivity index (χ2n) is 7.93. The van der Waals surface area contributed by atoms with E-state index in [9.17, 15) is 4.79 Å². The van der Waals surface area contributed by atoms with Gasteiger partial charge in [-0.25, -0.2) is 0 Å². The number of hydrogen-bond donors (Lipinski definition) is 1. The van der Waals surface area contributed by atoms with Crippen LogP contribution in [-0.2, 0) is 11.2 Å². The summed E-state index contributed by atoms with van der Waals surface area (Å²) in [5.74, 6) is 2.50. The molecular formula is C24H31NO5. The molecule has 3 rings (SSSR count). The zero-order chi connectivity index (χ0) is 21.7. The number of carbonyl (C=O) groups is 1. The van der Waals surface area contributed by atoms with Crippen molar-refractivity contribution in [1.29, 1.82) is 0 Å². The fourth-order valence-corrected chi connectivity index (χ4v) is 3.55. The van der Waals surface area contributed by atoms with Crippen molar-refractivity contribution in [3.8, 4) is 23.0 Å². The van der Waals surface area contributed by atoms with E-state index in [-0.39, 0.29) is 24.2 Å². The summed E-state index contributed by atoms with van der Waals surface area (Å²) in [6, 6.07) is 11.3. The van der Waals surface area contributed by atoms with E-state index in [0.717, 1.165) is 23.3 Å². The molecular weight excluding hydrogens is 382 g/mol. The monoisotopic (exact) mass is 413 g/mol. The molecule has 2 aromatic rings. The lowest BCUT2D eigenvalue weighted by Gasteiger charge is -2.19. The van der Waals surface area contributed by atoms with Gasteiger partial charge in [-0.15, -0.1) is 0 Å². The molecule has 1 amide bonds. The molecule has 6 heteroatoms. The van der Waals surface area contributed by atoms with Crippen molar-refractivity contribution in [3.63, 3.8) is 0 Å². The average Bonchev–Trinajstić information content (AvgIpc) is 3.02. The van der Waals surface area contributed by atoms with Gasteiger partial charge < -0.3 is 24.3 Å². The predicted octanol–water partition coefficient (Wildman–Crippen LogP) is 4.45. The van der Waals surface area contributed by atoms with Gasteiger partial charge in [0.2, 0.25) is 0 Å². The van der Waals surface area contributed by atoms with Gasteiger partial charge in [-0.3, -0.25) is 4.79 Å². The van der Waals surface area contributed by atoms with E-state index >= 15 is 0 Å². The summed E-state index contributed by atoms with van der Waals surface area (Å²) in [5.41, 5.74) is 1.77. The standard InChI is InChI=1S/C24H31NO5/c1-6-27-19-12-11-17(13-21(19)28-7-2)16(3)25-22(26)15-29-20-10-8-9-18-14-24(4,5)30-23(18)20/h8-13,16H,6-7,14-15H2,1-5H3,(H,25,26)/t16-/m1/s1. The van der Waals surface area contributed by atoms with Crippen LogP contribution >= 0.6 is 0 Å². The van der Waals surface area contributed by atoms with Gasteiger partial charge in [0, 0.05) is 12.0 Å². The van der Waals surface area contributed by atoms with Crippen LogP contribution in [0.3, 0.4) is 0 Å². The van der Waals surface area contributed by atoms with Crippen LogP contribution < -0.4 is 24.3 Å². The van der Waals surface area contributed by atoms with E-state index in [2.05, 4.69) is 5.32 Å². The third kappa shape index (κ3) is 5.17. The largest absolute Gasteiger partial charge is 0.490 e. The van der Waals surface area contributed by atoms with E-state index in [4.69, 9.17) is 18.9 Å². The number of para-hydroxylation sites is 1. The van der Waals surface area contributed by atoms with Crippen molar-refractivity contribution in [1.82, 2.24) is 5.32 Å². The zero-order valence-corrected chi connectivity index (χ0v) is 18.4. The molecule has 0 bridgehead atoms. The van der Waals surface area contributed by atoms with E-state index in [1.807, 2.05) is 71.0 Å². The summed E-state index contributed by atoms with van der Waals surface area (Å²) in [6.07, 6.45) is 0.822. The van der Waals surface area contributed by atoms with Crippen LogP contribution in [0, 0.1) is 0 Å². The van der Waals surface area contributed by atoms with Gasteiger partial charge >= 0.3 is 0 Å². The first-order valence-electron chi connectivity index (χ1n) is 10.5. The fraction of sp³-hybridized carbons (Fsp3) is 0.458. The summed E-state index contributed by atoms with van der Waals surface area (Å²) in [5, 5.41) is 2.97. The second-order valence-corrected chi connectivity index (χ2v) is 7.93. The van der Waals surface area contributed by atoms with Gasteiger partial charge in [-0.05, 0) is 58.4 Å². The molecule has 0 aliphatic carbocycles. The average molecular weight is 414 g/mol. The number of benzene rings is 2. The van der Waals surface area contributed by atoms with E-state index in [1.54, 1.807) is 0 Å². The first-order valence-corrected chi connectivity index (χ1v) is 10.5. The summed E-state index contributed by atoms with van der Waals surface area (Å²) >= 11 is 0. The highest BCUT2D eigenvalue weighted by molar-refractivity contribution is 5.78. The number of fused-ring (bicyclic) bond motifs is 1. The Balaban J connectivity index is 1.61. The summed E-state index contributed by atoms with van der Waals surface area (Å²) in [4.78, 5) is 12.5. The number of amides is 1. The maximum Gasteiger partial charge on any atom is 0.258 e. The Bertz CT molecular complexity index is 893. The van der Waals surface area contributed by atoms with Crippen LogP contribution in [0.25, 0.3) is 0 Å². The molecule has 1 atom stereocenters. The van der Waals surface area contributed by atoms with Crippen molar-refractivity contribution in [2.75, 3.05) is 19.8 Å². The minimum Gasteiger partial charge on any atom is -0.490 e. The molecule has 0 aromatic heterocycles. The van der Waals surface area contributed by atoms with Crippen molar-refractivity contribution < 1.29 is 23.7 Å². The third-order valence-electron chi connectivity index (χ3n) is 4.86. The number of ether oxygens (including phenoxy) is 4. The summed E-state index contributed by atoms with van der Waals surface area (Å²) in [6.45, 7) is 10.9. The Morgan fingerprint density at radius 2 is 1.80 bits per heavy atom. The molecule has 6 nitrogen and oxygen atoms in total. The third-order valence-corrected chi connectivity index (χ3v) is 4.86. The van der Waals surface area contributed by atoms with Crippen LogP contribution in [0.2, 0.25) is 0 Å². The van der Waals surface area contributed by atoms with Gasteiger partial charge in [-0.2, -0.15) is 0 Å². The highest BCUT2D eigenvalue weighted by atomic mass is 16.5. The quantitative estimate of drug-likeness (QED) is 0.658. The molecule has 1 N–H and O–H groups in total. The molecule has 1 aliphatic rings. The topological polar surface area (TPSA) is 66.0 Å². The molecule has 0 saturated heterocycles. The van der Waals surface area contributed by atoms with Crippen LogP contribution in [0.5, 0.6) is 23.0 Å². The highest BCUT2D eigenvalue weighted by Crippen LogP contribution is 2.41. The summed E-state index contributed by atoms with van der Waals surface area (Å²) < 4.78 is 23.0. The molecule has 0 spiro atoms. The van der Waals surface area contributed by atoms with E-state index in [0.29, 0.717) is 30.5 Å². The smallest absolute Gasteiger partial charge is 0.258 e. The molecule has 1 aliphatic heterocycles. The molecule has 2 aromatic carbocycles. The van der Waals surface area contributed by atoms with Gasteiger partial charge in [0.1, 0.15) is 5.60 Å². The number of nitrogens with one attached hydrogen (secondary N) is 1. The van der Waals surface area contributed by atoms with Gasteiger partial charge in [-0.1, -0.05) is 18.2 Å². The molecule has 0 radical (unpaired) electrons. The molecule has 30 heavy (non-hydrogen) atoms. The van der Waals surface area contributed by atoms with Crippen LogP contribution in [0.4, 0.5) is 0 Å². The molecule has 0 unspecified atom stereocenters. The lowest BCUT2D eigenvalue weighted by molar-refractivity contribution is -0.123. The number of rotatable bonds is 9. The fourth-order valence-electron chi connectivity index (χ4n) is 3.55. The van der Waals surface area contributed by atoms with Gasteiger partial charge in [0.25, 0.3) is 5.91 Å². The molecule has 1 heterocycles. The van der Waals surface area contributed by atoms with Crippen molar-refractivity contribution in [3.05, 3.63) is 47.5 Å². The molecule has 0 saturated carbocycles. The van der Waals surface area contributed by atoms with E-state index in [1.165, 1.54) is 0 Å². The second kappa shape index (κ2) is 9.28. The molecule has 0 fully saturated rings. The highest BCUT2D eigenvalue weighted by Gasteiger charge is 2.32. The van der Waals surface area contributed by atoms with Crippen LogP contribution in [-0.4, -0.2) is 31.3 Å². The Morgan fingerprint density at radius 3 is 2.53 bits per heavy atom. The number of carbonyl (C=O) groups excluding carboxylic acids is 1. The van der Waals surface area contributed by atoms with Crippen molar-refractivity contribution in [2.45, 2.75) is 52.7 Å². The first kappa shape index (κ1) is 21.8. The summed E-state index contributed by atoms with van der Waals surface area (Å²) in [7, 11) is 0. The van der Waals surface area contributed by atoms with Crippen molar-refractivity contribution >= 4 is 5.91 Å². The Morgan fingerprint density at radius 1 is 1.07 bits per heavy atom. The van der Waals surface area contributed by atoms with Gasteiger partial charge in [0.15, 0.2) is 29.6 Å². The van der Waals surface area contributed by atoms with Crippen LogP contribution in [0.15, 0.2) is 36.4 Å². The normalized spacial score (nSPS) is 15.0.